The quantitative estimate of drug-likeness (QED) is 0.489. The lowest BCUT2D eigenvalue weighted by Gasteiger charge is -2.23. The Bertz CT molecular complexity index is 783. The molecule has 2 aromatic carbocycles. The van der Waals surface area contributed by atoms with Gasteiger partial charge in [-0.05, 0) is 41.7 Å². The molecule has 0 aliphatic carbocycles. The van der Waals surface area contributed by atoms with E-state index < -0.39 is 0 Å². The lowest BCUT2D eigenvalue weighted by molar-refractivity contribution is 0.590. The summed E-state index contributed by atoms with van der Waals surface area (Å²) in [6, 6.07) is 12.3. The average Bonchev–Trinajstić information content (AvgIpc) is 2.44. The predicted molar refractivity (Wildman–Crippen MR) is 96.4 cm³/mol. The Labute approximate surface area is 133 Å². The summed E-state index contributed by atoms with van der Waals surface area (Å²) in [5.74, 6) is 0. The smallest absolute Gasteiger partial charge is 0.0934 e. The van der Waals surface area contributed by atoms with Crippen LogP contribution in [0.3, 0.4) is 0 Å². The molecule has 0 spiro atoms. The molecule has 1 heterocycles. The first-order valence-electron chi connectivity index (χ1n) is 8.05. The highest BCUT2D eigenvalue weighted by Gasteiger charge is 2.21. The van der Waals surface area contributed by atoms with Crippen molar-refractivity contribution in [3.63, 3.8) is 0 Å². The maximum absolute atomic E-state index is 4.84. The summed E-state index contributed by atoms with van der Waals surface area (Å²) in [6.45, 7) is 13.1. The van der Waals surface area contributed by atoms with Crippen LogP contribution in [0.1, 0.15) is 52.2 Å². The molecule has 22 heavy (non-hydrogen) atoms. The van der Waals surface area contributed by atoms with E-state index in [2.05, 4.69) is 53.7 Å². The van der Waals surface area contributed by atoms with Crippen LogP contribution in [-0.2, 0) is 5.41 Å². The summed E-state index contributed by atoms with van der Waals surface area (Å²) in [5.41, 5.74) is 6.58. The van der Waals surface area contributed by atoms with Crippen molar-refractivity contribution in [3.8, 4) is 0 Å². The number of aryl methyl sites for hydroxylation is 1. The predicted octanol–water partition coefficient (Wildman–Crippen LogP) is 5.81. The highest BCUT2D eigenvalue weighted by molar-refractivity contribution is 5.89. The third kappa shape index (κ3) is 3.27. The number of nitrogens with zero attached hydrogens (tertiary/aromatic N) is 2. The van der Waals surface area contributed by atoms with Gasteiger partial charge in [0.05, 0.1) is 22.1 Å². The van der Waals surface area contributed by atoms with Crippen molar-refractivity contribution in [2.75, 3.05) is 0 Å². The molecule has 3 aromatic rings. The summed E-state index contributed by atoms with van der Waals surface area (Å²) in [5, 5.41) is 0. The highest BCUT2D eigenvalue weighted by Crippen LogP contribution is 2.32. The normalized spacial score (nSPS) is 11.4. The van der Waals surface area contributed by atoms with E-state index in [4.69, 9.17) is 9.97 Å². The summed E-state index contributed by atoms with van der Waals surface area (Å²) < 4.78 is 0. The molecule has 0 N–H and O–H groups in total. The number of hydrogen-bond acceptors (Lipinski definition) is 2. The standard InChI is InChI=1S/C17H18N2.C3H8/c1-11-9-10-14-16(15(11)17(2,3)4)19-13-8-6-5-7-12(13)18-14;1-3-2/h5-10H,1-4H3;3H2,1-2H3. The SMILES string of the molecule is CCC.Cc1ccc2nc3ccccc3nc2c1C(C)(C)C. The van der Waals surface area contributed by atoms with Gasteiger partial charge in [0.2, 0.25) is 0 Å². The number of para-hydroxylation sites is 2. The van der Waals surface area contributed by atoms with E-state index in [1.807, 2.05) is 24.3 Å². The monoisotopic (exact) mass is 294 g/mol. The molecule has 0 aliphatic rings. The molecule has 0 aliphatic heterocycles. The summed E-state index contributed by atoms with van der Waals surface area (Å²) in [6.07, 6.45) is 1.25. The average molecular weight is 294 g/mol. The van der Waals surface area contributed by atoms with Crippen LogP contribution in [0.5, 0.6) is 0 Å². The van der Waals surface area contributed by atoms with Gasteiger partial charge in [-0.25, -0.2) is 9.97 Å². The van der Waals surface area contributed by atoms with Crippen LogP contribution in [0.4, 0.5) is 0 Å². The van der Waals surface area contributed by atoms with Crippen LogP contribution in [-0.4, -0.2) is 9.97 Å². The summed E-state index contributed by atoms with van der Waals surface area (Å²) >= 11 is 0. The van der Waals surface area contributed by atoms with Gasteiger partial charge in [0, 0.05) is 0 Å². The van der Waals surface area contributed by atoms with Crippen LogP contribution in [0.25, 0.3) is 22.1 Å². The zero-order chi connectivity index (χ0) is 16.3. The minimum atomic E-state index is 0.0702. The van der Waals surface area contributed by atoms with E-state index >= 15 is 0 Å². The van der Waals surface area contributed by atoms with Crippen LogP contribution in [0.2, 0.25) is 0 Å². The molecule has 3 rings (SSSR count). The second-order valence-electron chi connectivity index (χ2n) is 6.79. The molecular formula is C20H26N2. The molecule has 0 amide bonds. The van der Waals surface area contributed by atoms with Gasteiger partial charge in [-0.1, -0.05) is 59.2 Å². The third-order valence-corrected chi connectivity index (χ3v) is 3.47. The van der Waals surface area contributed by atoms with Crippen molar-refractivity contribution in [2.45, 2.75) is 53.4 Å². The van der Waals surface area contributed by atoms with E-state index in [1.54, 1.807) is 0 Å². The van der Waals surface area contributed by atoms with Crippen molar-refractivity contribution in [3.05, 3.63) is 47.5 Å². The topological polar surface area (TPSA) is 25.8 Å². The molecule has 0 atom stereocenters. The van der Waals surface area contributed by atoms with Gasteiger partial charge in [0.25, 0.3) is 0 Å². The largest absolute Gasteiger partial charge is 0.244 e. The Morgan fingerprint density at radius 1 is 0.818 bits per heavy atom. The molecule has 1 aromatic heterocycles. The number of hydrogen-bond donors (Lipinski definition) is 0. The van der Waals surface area contributed by atoms with E-state index in [1.165, 1.54) is 17.5 Å². The maximum atomic E-state index is 4.84. The molecule has 2 nitrogen and oxygen atoms in total. The Kier molecular flexibility index (Phi) is 4.80. The number of aromatic nitrogens is 2. The fraction of sp³-hybridized carbons (Fsp3) is 0.400. The van der Waals surface area contributed by atoms with Gasteiger partial charge < -0.3 is 0 Å². The van der Waals surface area contributed by atoms with Gasteiger partial charge in [-0.2, -0.15) is 0 Å². The highest BCUT2D eigenvalue weighted by atomic mass is 14.8. The van der Waals surface area contributed by atoms with Gasteiger partial charge in [0.15, 0.2) is 0 Å². The lowest BCUT2D eigenvalue weighted by atomic mass is 9.83. The second kappa shape index (κ2) is 6.43. The number of benzene rings is 2. The molecular weight excluding hydrogens is 268 g/mol. The zero-order valence-corrected chi connectivity index (χ0v) is 14.6. The van der Waals surface area contributed by atoms with Gasteiger partial charge in [-0.15, -0.1) is 0 Å². The minimum absolute atomic E-state index is 0.0702. The summed E-state index contributed by atoms with van der Waals surface area (Å²) in [7, 11) is 0. The summed E-state index contributed by atoms with van der Waals surface area (Å²) in [4.78, 5) is 9.57. The second-order valence-corrected chi connectivity index (χ2v) is 6.79. The Morgan fingerprint density at radius 2 is 1.36 bits per heavy atom. The van der Waals surface area contributed by atoms with E-state index in [0.717, 1.165) is 22.1 Å². The van der Waals surface area contributed by atoms with Crippen molar-refractivity contribution in [1.82, 2.24) is 9.97 Å². The first-order chi connectivity index (χ1) is 10.4. The lowest BCUT2D eigenvalue weighted by Crippen LogP contribution is -2.14. The number of rotatable bonds is 0. The molecule has 2 heteroatoms. The van der Waals surface area contributed by atoms with Crippen molar-refractivity contribution in [2.24, 2.45) is 0 Å². The Hall–Kier alpha value is -1.96. The maximum Gasteiger partial charge on any atom is 0.0934 e. The third-order valence-electron chi connectivity index (χ3n) is 3.47. The Balaban J connectivity index is 0.000000545. The van der Waals surface area contributed by atoms with Crippen molar-refractivity contribution in [1.29, 1.82) is 0 Å². The van der Waals surface area contributed by atoms with Crippen LogP contribution >= 0.6 is 0 Å². The first-order valence-corrected chi connectivity index (χ1v) is 8.05. The van der Waals surface area contributed by atoms with Gasteiger partial charge >= 0.3 is 0 Å². The van der Waals surface area contributed by atoms with Crippen LogP contribution in [0.15, 0.2) is 36.4 Å². The van der Waals surface area contributed by atoms with E-state index in [-0.39, 0.29) is 5.41 Å². The fourth-order valence-electron chi connectivity index (χ4n) is 2.73. The first kappa shape index (κ1) is 16.4. The molecule has 0 unspecified atom stereocenters. The zero-order valence-electron chi connectivity index (χ0n) is 14.6. The van der Waals surface area contributed by atoms with E-state index in [0.29, 0.717) is 0 Å². The van der Waals surface area contributed by atoms with E-state index in [9.17, 15) is 0 Å². The molecule has 0 bridgehead atoms. The van der Waals surface area contributed by atoms with Gasteiger partial charge in [0.1, 0.15) is 0 Å². The fourth-order valence-corrected chi connectivity index (χ4v) is 2.73. The van der Waals surface area contributed by atoms with Crippen molar-refractivity contribution < 1.29 is 0 Å². The van der Waals surface area contributed by atoms with Gasteiger partial charge in [-0.3, -0.25) is 0 Å². The number of fused-ring (bicyclic) bond motifs is 2. The molecule has 0 radical (unpaired) electrons. The van der Waals surface area contributed by atoms with Crippen LogP contribution < -0.4 is 0 Å². The van der Waals surface area contributed by atoms with Crippen LogP contribution in [0, 0.1) is 6.92 Å². The Morgan fingerprint density at radius 3 is 1.91 bits per heavy atom. The molecule has 0 fully saturated rings. The molecule has 116 valence electrons. The minimum Gasteiger partial charge on any atom is -0.244 e. The van der Waals surface area contributed by atoms with Crippen molar-refractivity contribution >= 4 is 22.1 Å². The molecule has 0 saturated heterocycles. The molecule has 0 saturated carbocycles.